The zero-order chi connectivity index (χ0) is 12.6. The summed E-state index contributed by atoms with van der Waals surface area (Å²) in [7, 11) is 1.53. The highest BCUT2D eigenvalue weighted by atomic mass is 16.5. The van der Waals surface area contributed by atoms with Gasteiger partial charge < -0.3 is 15.5 Å². The molecule has 90 valence electrons. The monoisotopic (exact) mass is 225 g/mol. The Kier molecular flexibility index (Phi) is 6.71. The summed E-state index contributed by atoms with van der Waals surface area (Å²) < 4.78 is 5.08. The molecule has 1 aromatic carbocycles. The third-order valence-corrected chi connectivity index (χ3v) is 1.68. The van der Waals surface area contributed by atoms with Gasteiger partial charge in [0.15, 0.2) is 0 Å². The second-order valence-corrected chi connectivity index (χ2v) is 2.74. The molecule has 0 bridgehead atoms. The number of rotatable bonds is 3. The van der Waals surface area contributed by atoms with Crippen LogP contribution in [0.25, 0.3) is 0 Å². The zero-order valence-corrected chi connectivity index (χ0v) is 10.1. The van der Waals surface area contributed by atoms with Crippen molar-refractivity contribution in [3.05, 3.63) is 18.2 Å². The molecule has 0 aliphatic carbocycles. The minimum absolute atomic E-state index is 0.142. The van der Waals surface area contributed by atoms with Gasteiger partial charge in [0, 0.05) is 13.0 Å². The number of carbonyl (C=O) groups excluding carboxylic acids is 1. The second-order valence-electron chi connectivity index (χ2n) is 2.74. The van der Waals surface area contributed by atoms with E-state index in [0.29, 0.717) is 11.4 Å². The molecule has 1 aromatic rings. The van der Waals surface area contributed by atoms with Crippen molar-refractivity contribution in [2.45, 2.75) is 20.8 Å². The molecule has 0 saturated carbocycles. The van der Waals surface area contributed by atoms with Crippen molar-refractivity contribution in [3.63, 3.8) is 0 Å². The first-order valence-corrected chi connectivity index (χ1v) is 5.09. The largest absolute Gasteiger partial charge is 0.494 e. The van der Waals surface area contributed by atoms with Gasteiger partial charge in [0.25, 0.3) is 0 Å². The van der Waals surface area contributed by atoms with E-state index in [2.05, 4.69) is 10.7 Å². The minimum atomic E-state index is -0.142. The normalized spacial score (nSPS) is 8.56. The van der Waals surface area contributed by atoms with Crippen LogP contribution in [0.5, 0.6) is 5.75 Å². The van der Waals surface area contributed by atoms with Crippen molar-refractivity contribution in [2.24, 2.45) is 5.84 Å². The molecule has 0 aromatic heterocycles. The highest BCUT2D eigenvalue weighted by Gasteiger charge is 2.04. The van der Waals surface area contributed by atoms with Crippen LogP contribution in [0.15, 0.2) is 18.2 Å². The van der Waals surface area contributed by atoms with E-state index in [-0.39, 0.29) is 5.91 Å². The predicted molar refractivity (Wildman–Crippen MR) is 66.5 cm³/mol. The fourth-order valence-electron chi connectivity index (χ4n) is 1.07. The van der Waals surface area contributed by atoms with Crippen LogP contribution < -0.4 is 21.3 Å². The van der Waals surface area contributed by atoms with Gasteiger partial charge in [0.05, 0.1) is 18.5 Å². The van der Waals surface area contributed by atoms with Gasteiger partial charge in [-0.1, -0.05) is 13.8 Å². The topological polar surface area (TPSA) is 76.4 Å². The van der Waals surface area contributed by atoms with Crippen molar-refractivity contribution < 1.29 is 9.53 Å². The van der Waals surface area contributed by atoms with Crippen molar-refractivity contribution in [1.82, 2.24) is 0 Å². The van der Waals surface area contributed by atoms with Gasteiger partial charge in [0.1, 0.15) is 5.75 Å². The van der Waals surface area contributed by atoms with Gasteiger partial charge in [-0.05, 0) is 12.1 Å². The van der Waals surface area contributed by atoms with E-state index in [9.17, 15) is 4.79 Å². The molecule has 0 aliphatic rings. The van der Waals surface area contributed by atoms with E-state index in [1.807, 2.05) is 13.8 Å². The van der Waals surface area contributed by atoms with Crippen LogP contribution in [0, 0.1) is 0 Å². The number of hydrogen-bond acceptors (Lipinski definition) is 4. The third-order valence-electron chi connectivity index (χ3n) is 1.68. The second kappa shape index (κ2) is 7.53. The number of anilines is 2. The molecule has 5 heteroatoms. The first-order valence-electron chi connectivity index (χ1n) is 5.09. The van der Waals surface area contributed by atoms with Crippen LogP contribution in [0.1, 0.15) is 20.8 Å². The summed E-state index contributed by atoms with van der Waals surface area (Å²) in [5.41, 5.74) is 3.83. The summed E-state index contributed by atoms with van der Waals surface area (Å²) >= 11 is 0. The minimum Gasteiger partial charge on any atom is -0.494 e. The lowest BCUT2D eigenvalue weighted by Gasteiger charge is -2.10. The predicted octanol–water partition coefficient (Wildman–Crippen LogP) is 1.97. The van der Waals surface area contributed by atoms with Crippen molar-refractivity contribution in [1.29, 1.82) is 0 Å². The summed E-state index contributed by atoms with van der Waals surface area (Å²) in [6.45, 7) is 5.44. The average molecular weight is 225 g/mol. The smallest absolute Gasteiger partial charge is 0.221 e. The number of nitrogen functional groups attached to an aromatic ring is 1. The number of nitrogens with two attached hydrogens (primary N) is 1. The van der Waals surface area contributed by atoms with E-state index in [1.54, 1.807) is 18.2 Å². The Hall–Kier alpha value is -1.75. The lowest BCUT2D eigenvalue weighted by Crippen LogP contribution is -2.09. The molecule has 0 radical (unpaired) electrons. The van der Waals surface area contributed by atoms with Crippen LogP contribution in [0.2, 0.25) is 0 Å². The van der Waals surface area contributed by atoms with Crippen molar-refractivity contribution in [3.8, 4) is 5.75 Å². The number of carbonyl (C=O) groups is 1. The maximum Gasteiger partial charge on any atom is 0.221 e. The van der Waals surface area contributed by atoms with Crippen LogP contribution in [0.4, 0.5) is 11.4 Å². The molecule has 0 aliphatic heterocycles. The zero-order valence-electron chi connectivity index (χ0n) is 10.1. The third kappa shape index (κ3) is 4.18. The fourth-order valence-corrected chi connectivity index (χ4v) is 1.07. The lowest BCUT2D eigenvalue weighted by molar-refractivity contribution is -0.114. The number of amides is 1. The first-order chi connectivity index (χ1) is 7.67. The van der Waals surface area contributed by atoms with E-state index < -0.39 is 0 Å². The number of methoxy groups -OCH3 is 1. The lowest BCUT2D eigenvalue weighted by atomic mass is 10.2. The van der Waals surface area contributed by atoms with Gasteiger partial charge in [-0.25, -0.2) is 0 Å². The molecule has 0 spiro atoms. The number of benzene rings is 1. The average Bonchev–Trinajstić information content (AvgIpc) is 2.31. The maximum atomic E-state index is 10.8. The summed E-state index contributed by atoms with van der Waals surface area (Å²) in [4.78, 5) is 10.8. The summed E-state index contributed by atoms with van der Waals surface area (Å²) in [6, 6.07) is 5.16. The van der Waals surface area contributed by atoms with Gasteiger partial charge in [-0.2, -0.15) is 0 Å². The fraction of sp³-hybridized carbons (Fsp3) is 0.364. The van der Waals surface area contributed by atoms with Gasteiger partial charge in [0.2, 0.25) is 5.91 Å². The standard InChI is InChI=1S/C9H13N3O2.C2H6/c1-6(13)11-8-4-3-7(12-10)5-9(8)14-2;1-2/h3-5,12H,10H2,1-2H3,(H,11,13);1-2H3. The van der Waals surface area contributed by atoms with E-state index in [4.69, 9.17) is 10.6 Å². The van der Waals surface area contributed by atoms with Crippen LogP contribution >= 0.6 is 0 Å². The molecule has 5 nitrogen and oxygen atoms in total. The summed E-state index contributed by atoms with van der Waals surface area (Å²) in [5.74, 6) is 5.66. The molecule has 0 fully saturated rings. The van der Waals surface area contributed by atoms with E-state index in [1.165, 1.54) is 14.0 Å². The molecule has 0 unspecified atom stereocenters. The molecule has 1 rings (SSSR count). The van der Waals surface area contributed by atoms with E-state index >= 15 is 0 Å². The molecule has 0 atom stereocenters. The molecule has 1 amide bonds. The van der Waals surface area contributed by atoms with Gasteiger partial charge in [-0.15, -0.1) is 0 Å². The Morgan fingerprint density at radius 1 is 1.38 bits per heavy atom. The maximum absolute atomic E-state index is 10.8. The van der Waals surface area contributed by atoms with E-state index in [0.717, 1.165) is 5.69 Å². The Balaban J connectivity index is 0.00000106. The van der Waals surface area contributed by atoms with Gasteiger partial charge >= 0.3 is 0 Å². The summed E-state index contributed by atoms with van der Waals surface area (Å²) in [5, 5.41) is 2.64. The molecule has 16 heavy (non-hydrogen) atoms. The Morgan fingerprint density at radius 2 is 2.00 bits per heavy atom. The Labute approximate surface area is 95.9 Å². The highest BCUT2D eigenvalue weighted by molar-refractivity contribution is 5.90. The first kappa shape index (κ1) is 14.2. The van der Waals surface area contributed by atoms with Crippen LogP contribution in [-0.4, -0.2) is 13.0 Å². The van der Waals surface area contributed by atoms with Crippen LogP contribution in [-0.2, 0) is 4.79 Å². The number of hydrogen-bond donors (Lipinski definition) is 3. The number of ether oxygens (including phenoxy) is 1. The summed E-state index contributed by atoms with van der Waals surface area (Å²) in [6.07, 6.45) is 0. The quantitative estimate of drug-likeness (QED) is 0.543. The molecular weight excluding hydrogens is 206 g/mol. The number of nitrogens with one attached hydrogen (secondary N) is 2. The van der Waals surface area contributed by atoms with Crippen molar-refractivity contribution >= 4 is 17.3 Å². The highest BCUT2D eigenvalue weighted by Crippen LogP contribution is 2.27. The van der Waals surface area contributed by atoms with Gasteiger partial charge in [-0.3, -0.25) is 10.6 Å². The molecule has 4 N–H and O–H groups in total. The SMILES string of the molecule is CC.COc1cc(NN)ccc1NC(C)=O. The van der Waals surface area contributed by atoms with Crippen molar-refractivity contribution in [2.75, 3.05) is 17.9 Å². The number of hydrazine groups is 1. The molecule has 0 heterocycles. The Morgan fingerprint density at radius 3 is 2.44 bits per heavy atom. The molecular formula is C11H19N3O2. The Bertz CT molecular complexity index is 340. The molecule has 0 saturated heterocycles. The van der Waals surface area contributed by atoms with Crippen LogP contribution in [0.3, 0.4) is 0 Å².